The third-order valence-electron chi connectivity index (χ3n) is 2.69. The van der Waals surface area contributed by atoms with Crippen LogP contribution in [0, 0.1) is 0 Å². The molecule has 0 aliphatic heterocycles. The summed E-state index contributed by atoms with van der Waals surface area (Å²) in [6.07, 6.45) is 1.41. The van der Waals surface area contributed by atoms with Crippen LogP contribution in [0.15, 0.2) is 41.0 Å². The quantitative estimate of drug-likeness (QED) is 0.727. The predicted molar refractivity (Wildman–Crippen MR) is 87.3 cm³/mol. The van der Waals surface area contributed by atoms with E-state index in [1.807, 2.05) is 0 Å². The molecular weight excluding hydrogens is 396 g/mol. The maximum Gasteiger partial charge on any atom is 0.487 e. The van der Waals surface area contributed by atoms with E-state index in [9.17, 15) is 13.6 Å². The molecule has 0 spiro atoms. The van der Waals surface area contributed by atoms with E-state index in [4.69, 9.17) is 0 Å². The molecule has 1 amide bonds. The molecule has 1 aromatic heterocycles. The standard InChI is InChI=1S/C14H11BrClF2N3O2/c1-19-12-11(15)6-8(7-20-12)13(22)21-9-2-4-10(5-3-9)23-14(16,17)18/h2-7H,1H3,(H,19,20)(H,21,22). The Kier molecular flexibility index (Phi) is 5.38. The molecule has 9 heteroatoms. The van der Waals surface area contributed by atoms with Gasteiger partial charge in [0.05, 0.1) is 10.0 Å². The van der Waals surface area contributed by atoms with Crippen LogP contribution in [-0.2, 0) is 0 Å². The lowest BCUT2D eigenvalue weighted by Gasteiger charge is -2.11. The van der Waals surface area contributed by atoms with Crippen LogP contribution >= 0.6 is 27.5 Å². The molecule has 0 aliphatic carbocycles. The van der Waals surface area contributed by atoms with Crippen molar-refractivity contribution in [3.63, 3.8) is 0 Å². The highest BCUT2D eigenvalue weighted by Crippen LogP contribution is 2.26. The van der Waals surface area contributed by atoms with Gasteiger partial charge in [0, 0.05) is 30.5 Å². The van der Waals surface area contributed by atoms with Crippen LogP contribution in [0.4, 0.5) is 20.3 Å². The number of nitrogens with one attached hydrogen (secondary N) is 2. The minimum atomic E-state index is -3.78. The monoisotopic (exact) mass is 405 g/mol. The Hall–Kier alpha value is -1.93. The van der Waals surface area contributed by atoms with Gasteiger partial charge in [0.2, 0.25) is 0 Å². The van der Waals surface area contributed by atoms with Gasteiger partial charge >= 0.3 is 5.57 Å². The summed E-state index contributed by atoms with van der Waals surface area (Å²) in [7, 11) is 1.71. The Morgan fingerprint density at radius 2 is 2.00 bits per heavy atom. The topological polar surface area (TPSA) is 63.2 Å². The number of halogens is 4. The lowest BCUT2D eigenvalue weighted by Crippen LogP contribution is -2.16. The summed E-state index contributed by atoms with van der Waals surface area (Å²) in [6, 6.07) is 6.98. The fourth-order valence-electron chi connectivity index (χ4n) is 1.69. The first-order chi connectivity index (χ1) is 10.8. The molecule has 2 N–H and O–H groups in total. The molecule has 0 fully saturated rings. The number of ether oxygens (including phenoxy) is 1. The molecule has 1 heterocycles. The smallest absolute Gasteiger partial charge is 0.420 e. The van der Waals surface area contributed by atoms with E-state index in [1.165, 1.54) is 30.5 Å². The van der Waals surface area contributed by atoms with Crippen LogP contribution in [-0.4, -0.2) is 23.5 Å². The highest BCUT2D eigenvalue weighted by molar-refractivity contribution is 9.10. The molecule has 0 radical (unpaired) electrons. The van der Waals surface area contributed by atoms with Crippen molar-refractivity contribution in [1.29, 1.82) is 0 Å². The Morgan fingerprint density at radius 3 is 2.52 bits per heavy atom. The van der Waals surface area contributed by atoms with Crippen molar-refractivity contribution in [2.24, 2.45) is 0 Å². The molecule has 0 bridgehead atoms. The minimum Gasteiger partial charge on any atom is -0.420 e. The van der Waals surface area contributed by atoms with Crippen LogP contribution in [0.5, 0.6) is 5.75 Å². The van der Waals surface area contributed by atoms with Gasteiger partial charge < -0.3 is 15.4 Å². The number of pyridine rings is 1. The van der Waals surface area contributed by atoms with Crippen LogP contribution in [0.2, 0.25) is 0 Å². The number of rotatable bonds is 5. The third-order valence-corrected chi connectivity index (χ3v) is 3.37. The van der Waals surface area contributed by atoms with E-state index in [0.29, 0.717) is 21.5 Å². The van der Waals surface area contributed by atoms with Gasteiger partial charge in [-0.05, 0) is 46.3 Å². The molecule has 2 rings (SSSR count). The molecular formula is C14H11BrClF2N3O2. The molecule has 122 valence electrons. The molecule has 0 saturated heterocycles. The molecule has 23 heavy (non-hydrogen) atoms. The van der Waals surface area contributed by atoms with Gasteiger partial charge in [-0.1, -0.05) is 0 Å². The average Bonchev–Trinajstić information content (AvgIpc) is 2.47. The second kappa shape index (κ2) is 7.10. The van der Waals surface area contributed by atoms with E-state index in [-0.39, 0.29) is 5.75 Å². The van der Waals surface area contributed by atoms with E-state index < -0.39 is 11.5 Å². The normalized spacial score (nSPS) is 11.0. The number of aromatic nitrogens is 1. The summed E-state index contributed by atoms with van der Waals surface area (Å²) in [5.41, 5.74) is -3.03. The fraction of sp³-hybridized carbons (Fsp3) is 0.143. The number of hydrogen-bond acceptors (Lipinski definition) is 4. The second-order valence-corrected chi connectivity index (χ2v) is 5.63. The van der Waals surface area contributed by atoms with Crippen molar-refractivity contribution >= 4 is 44.9 Å². The van der Waals surface area contributed by atoms with Gasteiger partial charge in [0.1, 0.15) is 11.6 Å². The van der Waals surface area contributed by atoms with Crippen molar-refractivity contribution in [1.82, 2.24) is 4.98 Å². The third kappa shape index (κ3) is 5.04. The van der Waals surface area contributed by atoms with Crippen molar-refractivity contribution in [2.45, 2.75) is 5.57 Å². The number of carbonyl (C=O) groups is 1. The fourth-order valence-corrected chi connectivity index (χ4v) is 2.33. The zero-order chi connectivity index (χ0) is 17.0. The van der Waals surface area contributed by atoms with Gasteiger partial charge in [-0.15, -0.1) is 8.78 Å². The van der Waals surface area contributed by atoms with E-state index in [2.05, 4.69) is 47.9 Å². The van der Waals surface area contributed by atoms with Crippen molar-refractivity contribution < 1.29 is 18.3 Å². The molecule has 5 nitrogen and oxygen atoms in total. The summed E-state index contributed by atoms with van der Waals surface area (Å²) in [5.74, 6) is 0.0908. The first-order valence-corrected chi connectivity index (χ1v) is 7.46. The first kappa shape index (κ1) is 17.4. The molecule has 0 atom stereocenters. The van der Waals surface area contributed by atoms with Crippen LogP contribution in [0.1, 0.15) is 10.4 Å². The van der Waals surface area contributed by atoms with Crippen LogP contribution in [0.25, 0.3) is 0 Å². The van der Waals surface area contributed by atoms with Crippen LogP contribution < -0.4 is 15.4 Å². The number of carbonyl (C=O) groups excluding carboxylic acids is 1. The first-order valence-electron chi connectivity index (χ1n) is 6.29. The summed E-state index contributed by atoms with van der Waals surface area (Å²) < 4.78 is 29.8. The Balaban J connectivity index is 2.07. The molecule has 1 aromatic carbocycles. The van der Waals surface area contributed by atoms with Crippen molar-refractivity contribution in [3.8, 4) is 5.75 Å². The molecule has 0 unspecified atom stereocenters. The van der Waals surface area contributed by atoms with Crippen molar-refractivity contribution in [2.75, 3.05) is 17.7 Å². The maximum atomic E-state index is 12.5. The largest absolute Gasteiger partial charge is 0.487 e. The second-order valence-electron chi connectivity index (χ2n) is 4.33. The Bertz CT molecular complexity index is 708. The number of benzene rings is 1. The van der Waals surface area contributed by atoms with Gasteiger partial charge in [-0.25, -0.2) is 4.98 Å². The van der Waals surface area contributed by atoms with Crippen molar-refractivity contribution in [3.05, 3.63) is 46.6 Å². The van der Waals surface area contributed by atoms with E-state index >= 15 is 0 Å². The Morgan fingerprint density at radius 1 is 1.35 bits per heavy atom. The van der Waals surface area contributed by atoms with E-state index in [1.54, 1.807) is 13.1 Å². The van der Waals surface area contributed by atoms with Gasteiger partial charge in [-0.2, -0.15) is 0 Å². The zero-order valence-corrected chi connectivity index (χ0v) is 14.1. The Labute approximate surface area is 144 Å². The summed E-state index contributed by atoms with van der Waals surface area (Å²) >= 11 is 7.96. The lowest BCUT2D eigenvalue weighted by molar-refractivity contribution is -0.0964. The van der Waals surface area contributed by atoms with Crippen LogP contribution in [0.3, 0.4) is 0 Å². The highest BCUT2D eigenvalue weighted by atomic mass is 79.9. The number of anilines is 2. The predicted octanol–water partition coefficient (Wildman–Crippen LogP) is 4.31. The zero-order valence-electron chi connectivity index (χ0n) is 11.7. The summed E-state index contributed by atoms with van der Waals surface area (Å²) in [4.78, 5) is 16.2. The number of alkyl halides is 3. The molecule has 0 saturated carbocycles. The number of nitrogens with zero attached hydrogens (tertiary/aromatic N) is 1. The highest BCUT2D eigenvalue weighted by Gasteiger charge is 2.27. The summed E-state index contributed by atoms with van der Waals surface area (Å²) in [6.45, 7) is 0. The van der Waals surface area contributed by atoms with Gasteiger partial charge in [0.15, 0.2) is 0 Å². The van der Waals surface area contributed by atoms with E-state index in [0.717, 1.165) is 0 Å². The minimum absolute atomic E-state index is 0.120. The molecule has 2 aromatic rings. The number of amides is 1. The number of hydrogen-bond donors (Lipinski definition) is 2. The summed E-state index contributed by atoms with van der Waals surface area (Å²) in [5, 5.41) is 5.48. The lowest BCUT2D eigenvalue weighted by atomic mass is 10.2. The average molecular weight is 407 g/mol. The maximum absolute atomic E-state index is 12.5. The molecule has 0 aliphatic rings. The van der Waals surface area contributed by atoms with Gasteiger partial charge in [0.25, 0.3) is 5.91 Å². The SMILES string of the molecule is CNc1ncc(C(=O)Nc2ccc(OC(F)(F)Cl)cc2)cc1Br. The van der Waals surface area contributed by atoms with Gasteiger partial charge in [-0.3, -0.25) is 4.79 Å².